The van der Waals surface area contributed by atoms with Crippen LogP contribution in [0.2, 0.25) is 0 Å². The number of fused-ring (bicyclic) bond motifs is 1. The molecule has 174 valence electrons. The SMILES string of the molecule is CCOC(=O)c1c(NC(=O)CSc2c([O-])on[n+]2-c2ccc(C)cc2)sc2c1CCCCC2. The van der Waals surface area contributed by atoms with Gasteiger partial charge in [-0.2, -0.15) is 0 Å². The Kier molecular flexibility index (Phi) is 7.34. The van der Waals surface area contributed by atoms with Crippen molar-refractivity contribution in [3.63, 3.8) is 0 Å². The summed E-state index contributed by atoms with van der Waals surface area (Å²) in [5.41, 5.74) is 3.21. The van der Waals surface area contributed by atoms with Crippen LogP contribution in [0.1, 0.15) is 52.5 Å². The van der Waals surface area contributed by atoms with Crippen molar-refractivity contribution in [2.45, 2.75) is 51.0 Å². The number of hydrogen-bond donors (Lipinski definition) is 1. The van der Waals surface area contributed by atoms with Crippen LogP contribution >= 0.6 is 23.1 Å². The Morgan fingerprint density at radius 1 is 1.24 bits per heavy atom. The first kappa shape index (κ1) is 23.3. The molecule has 0 saturated carbocycles. The van der Waals surface area contributed by atoms with E-state index in [9.17, 15) is 14.7 Å². The molecule has 8 nitrogen and oxygen atoms in total. The van der Waals surface area contributed by atoms with Gasteiger partial charge in [-0.3, -0.25) is 4.79 Å². The number of thiophene rings is 1. The summed E-state index contributed by atoms with van der Waals surface area (Å²) in [5, 5.41) is 19.6. The predicted octanol–water partition coefficient (Wildman–Crippen LogP) is 3.57. The summed E-state index contributed by atoms with van der Waals surface area (Å²) in [6.07, 6.45) is 4.91. The van der Waals surface area contributed by atoms with Crippen molar-refractivity contribution in [2.75, 3.05) is 17.7 Å². The van der Waals surface area contributed by atoms with Crippen molar-refractivity contribution in [3.8, 4) is 11.6 Å². The van der Waals surface area contributed by atoms with E-state index in [2.05, 4.69) is 10.6 Å². The first-order chi connectivity index (χ1) is 16.0. The van der Waals surface area contributed by atoms with E-state index >= 15 is 0 Å². The third-order valence-electron chi connectivity index (χ3n) is 5.34. The van der Waals surface area contributed by atoms with Gasteiger partial charge in [0.2, 0.25) is 11.6 Å². The van der Waals surface area contributed by atoms with Crippen LogP contribution in [-0.4, -0.2) is 29.5 Å². The Balaban J connectivity index is 1.51. The highest BCUT2D eigenvalue weighted by Gasteiger charge is 2.27. The lowest BCUT2D eigenvalue weighted by molar-refractivity contribution is -0.705. The van der Waals surface area contributed by atoms with Gasteiger partial charge in [0.25, 0.3) is 5.03 Å². The highest BCUT2D eigenvalue weighted by Crippen LogP contribution is 2.38. The van der Waals surface area contributed by atoms with Gasteiger partial charge >= 0.3 is 5.97 Å². The molecule has 0 fully saturated rings. The minimum Gasteiger partial charge on any atom is -0.538 e. The summed E-state index contributed by atoms with van der Waals surface area (Å²) in [7, 11) is 0. The molecule has 0 saturated heterocycles. The highest BCUT2D eigenvalue weighted by molar-refractivity contribution is 7.99. The van der Waals surface area contributed by atoms with Crippen LogP contribution in [-0.2, 0) is 22.4 Å². The lowest BCUT2D eigenvalue weighted by Gasteiger charge is -2.08. The molecular weight excluding hydrogens is 462 g/mol. The second-order valence-electron chi connectivity index (χ2n) is 7.74. The van der Waals surface area contributed by atoms with E-state index in [1.807, 2.05) is 31.2 Å². The number of thioether (sulfide) groups is 1. The predicted molar refractivity (Wildman–Crippen MR) is 123 cm³/mol. The summed E-state index contributed by atoms with van der Waals surface area (Å²) in [4.78, 5) is 26.6. The zero-order chi connectivity index (χ0) is 23.4. The van der Waals surface area contributed by atoms with E-state index in [0.717, 1.165) is 59.9 Å². The number of nitrogens with zero attached hydrogens (tertiary/aromatic N) is 2. The zero-order valence-corrected chi connectivity index (χ0v) is 20.1. The fourth-order valence-electron chi connectivity index (χ4n) is 3.76. The molecule has 0 spiro atoms. The fourth-order valence-corrected chi connectivity index (χ4v) is 5.81. The number of carbonyl (C=O) groups excluding carboxylic acids is 2. The van der Waals surface area contributed by atoms with Crippen LogP contribution < -0.4 is 15.1 Å². The van der Waals surface area contributed by atoms with Gasteiger partial charge < -0.3 is 19.7 Å². The number of rotatable bonds is 7. The van der Waals surface area contributed by atoms with E-state index in [0.29, 0.717) is 16.3 Å². The number of carbonyl (C=O) groups is 2. The standard InChI is InChI=1S/C23H25N3O5S2/c1-3-30-22(28)19-16-7-5-4-6-8-17(16)33-20(19)24-18(27)13-32-21-23(29)31-25-26(21)15-11-9-14(2)10-12-15/h9-12H,3-8,13H2,1-2H3,(H-,24,25,27,28,29). The molecule has 1 aliphatic rings. The molecule has 0 unspecified atom stereocenters. The number of benzene rings is 1. The molecule has 1 aromatic carbocycles. The smallest absolute Gasteiger partial charge is 0.341 e. The average Bonchev–Trinajstić information content (AvgIpc) is 3.23. The quantitative estimate of drug-likeness (QED) is 0.235. The second-order valence-corrected chi connectivity index (χ2v) is 9.81. The fraction of sp³-hybridized carbons (Fsp3) is 0.391. The number of hydrogen-bond acceptors (Lipinski definition) is 8. The maximum Gasteiger partial charge on any atom is 0.341 e. The number of aryl methyl sites for hydroxylation is 2. The molecule has 2 aromatic heterocycles. The normalized spacial score (nSPS) is 13.3. The number of ether oxygens (including phenoxy) is 1. The Morgan fingerprint density at radius 2 is 2.00 bits per heavy atom. The van der Waals surface area contributed by atoms with Gasteiger partial charge in [-0.25, -0.2) is 4.79 Å². The van der Waals surface area contributed by atoms with Crippen molar-refractivity contribution in [1.82, 2.24) is 5.27 Å². The van der Waals surface area contributed by atoms with E-state index in [1.54, 1.807) is 6.92 Å². The summed E-state index contributed by atoms with van der Waals surface area (Å²) in [5.74, 6) is -1.37. The monoisotopic (exact) mass is 487 g/mol. The largest absolute Gasteiger partial charge is 0.538 e. The van der Waals surface area contributed by atoms with Crippen LogP contribution in [0.15, 0.2) is 33.8 Å². The topological polar surface area (TPSA) is 108 Å². The molecule has 0 radical (unpaired) electrons. The Morgan fingerprint density at radius 3 is 2.76 bits per heavy atom. The Labute approximate surface area is 199 Å². The molecule has 4 rings (SSSR count). The lowest BCUT2D eigenvalue weighted by atomic mass is 10.1. The zero-order valence-electron chi connectivity index (χ0n) is 18.5. The molecule has 2 heterocycles. The van der Waals surface area contributed by atoms with Gasteiger partial charge in [0.1, 0.15) is 5.00 Å². The number of nitrogens with one attached hydrogen (secondary N) is 1. The van der Waals surface area contributed by atoms with E-state index < -0.39 is 11.9 Å². The van der Waals surface area contributed by atoms with Gasteiger partial charge in [-0.1, -0.05) is 24.1 Å². The molecule has 1 amide bonds. The van der Waals surface area contributed by atoms with Crippen molar-refractivity contribution >= 4 is 40.0 Å². The van der Waals surface area contributed by atoms with E-state index in [4.69, 9.17) is 9.26 Å². The van der Waals surface area contributed by atoms with Gasteiger partial charge in [0.15, 0.2) is 5.95 Å². The lowest BCUT2D eigenvalue weighted by Crippen LogP contribution is -2.35. The summed E-state index contributed by atoms with van der Waals surface area (Å²) in [6, 6.07) is 7.46. The van der Waals surface area contributed by atoms with Gasteiger partial charge in [0, 0.05) is 17.0 Å². The first-order valence-electron chi connectivity index (χ1n) is 10.9. The molecule has 0 bridgehead atoms. The van der Waals surface area contributed by atoms with Crippen molar-refractivity contribution in [2.24, 2.45) is 0 Å². The van der Waals surface area contributed by atoms with Crippen LogP contribution in [0.4, 0.5) is 5.00 Å². The molecular formula is C23H25N3O5S2. The molecule has 0 aliphatic heterocycles. The van der Waals surface area contributed by atoms with Gasteiger partial charge in [-0.15, -0.1) is 11.3 Å². The molecule has 33 heavy (non-hydrogen) atoms. The minimum absolute atomic E-state index is 0.0346. The maximum atomic E-state index is 12.8. The molecule has 3 aromatic rings. The molecule has 0 atom stereocenters. The van der Waals surface area contributed by atoms with Gasteiger partial charge in [0.05, 0.1) is 23.2 Å². The van der Waals surface area contributed by atoms with Crippen LogP contribution in [0.25, 0.3) is 5.69 Å². The minimum atomic E-state index is -0.608. The molecule has 10 heteroatoms. The highest BCUT2D eigenvalue weighted by atomic mass is 32.2. The third-order valence-corrected chi connectivity index (χ3v) is 7.57. The maximum absolute atomic E-state index is 12.8. The first-order valence-corrected chi connectivity index (χ1v) is 12.7. The number of amides is 1. The summed E-state index contributed by atoms with van der Waals surface area (Å²) in [6.45, 7) is 4.00. The Hall–Kier alpha value is -2.85. The number of esters is 1. The van der Waals surface area contributed by atoms with Crippen LogP contribution in [0.3, 0.4) is 0 Å². The Bertz CT molecular complexity index is 1150. The van der Waals surface area contributed by atoms with Crippen molar-refractivity contribution in [3.05, 3.63) is 45.8 Å². The van der Waals surface area contributed by atoms with E-state index in [1.165, 1.54) is 16.0 Å². The van der Waals surface area contributed by atoms with Crippen molar-refractivity contribution < 1.29 is 28.6 Å². The van der Waals surface area contributed by atoms with E-state index in [-0.39, 0.29) is 23.3 Å². The van der Waals surface area contributed by atoms with Gasteiger partial charge in [-0.05, 0) is 61.5 Å². The number of aromatic nitrogens is 2. The third kappa shape index (κ3) is 5.22. The summed E-state index contributed by atoms with van der Waals surface area (Å²) < 4.78 is 11.5. The average molecular weight is 488 g/mol. The second kappa shape index (κ2) is 10.4. The van der Waals surface area contributed by atoms with Crippen molar-refractivity contribution in [1.29, 1.82) is 0 Å². The molecule has 1 N–H and O–H groups in total. The number of anilines is 1. The van der Waals surface area contributed by atoms with Crippen LogP contribution in [0.5, 0.6) is 5.95 Å². The van der Waals surface area contributed by atoms with Crippen LogP contribution in [0, 0.1) is 6.92 Å². The summed E-state index contributed by atoms with van der Waals surface area (Å²) >= 11 is 2.49. The molecule has 1 aliphatic carbocycles.